The van der Waals surface area contributed by atoms with E-state index >= 15 is 0 Å². The molecule has 2 aliphatic heterocycles. The molecule has 4 rings (SSSR count). The van der Waals surface area contributed by atoms with Crippen LogP contribution < -0.4 is 14.8 Å². The Morgan fingerprint density at radius 2 is 1.75 bits per heavy atom. The number of nitrogens with zero attached hydrogens (tertiary/aromatic N) is 1. The lowest BCUT2D eigenvalue weighted by molar-refractivity contribution is -0.140. The smallest absolute Gasteiger partial charge is 0.233 e. The summed E-state index contributed by atoms with van der Waals surface area (Å²) in [6.07, 6.45) is 3.67. The standard InChI is InChI=1S/C21H26N2O5/c1-21(2,13-7-8-16-17(11-13)28-12-27-16)22-18(24)9-10-23-19(25)14-5-3-4-6-15(14)20(23)26/h7-8,11,14-15H,3-6,9-10,12H2,1-2H3,(H,22,24). The summed E-state index contributed by atoms with van der Waals surface area (Å²) in [7, 11) is 0. The van der Waals surface area contributed by atoms with Gasteiger partial charge in [0.25, 0.3) is 0 Å². The Bertz CT molecular complexity index is 795. The molecule has 28 heavy (non-hydrogen) atoms. The van der Waals surface area contributed by atoms with Gasteiger partial charge in [-0.05, 0) is 44.4 Å². The molecule has 1 N–H and O–H groups in total. The second-order valence-electron chi connectivity index (χ2n) is 8.32. The lowest BCUT2D eigenvalue weighted by atomic mass is 9.81. The van der Waals surface area contributed by atoms with E-state index in [1.54, 1.807) is 0 Å². The lowest BCUT2D eigenvalue weighted by Gasteiger charge is -2.27. The zero-order chi connectivity index (χ0) is 19.9. The van der Waals surface area contributed by atoms with Gasteiger partial charge in [0, 0.05) is 13.0 Å². The summed E-state index contributed by atoms with van der Waals surface area (Å²) >= 11 is 0. The summed E-state index contributed by atoms with van der Waals surface area (Å²) in [5.74, 6) is 0.617. The molecule has 3 aliphatic rings. The van der Waals surface area contributed by atoms with Crippen LogP contribution in [0.3, 0.4) is 0 Å². The van der Waals surface area contributed by atoms with Gasteiger partial charge in [-0.3, -0.25) is 19.3 Å². The molecule has 150 valence electrons. The van der Waals surface area contributed by atoms with E-state index in [1.165, 1.54) is 4.90 Å². The van der Waals surface area contributed by atoms with E-state index in [2.05, 4.69) is 5.32 Å². The summed E-state index contributed by atoms with van der Waals surface area (Å²) in [6.45, 7) is 4.16. The van der Waals surface area contributed by atoms with Crippen LogP contribution in [-0.2, 0) is 19.9 Å². The molecule has 2 unspecified atom stereocenters. The average molecular weight is 386 g/mol. The highest BCUT2D eigenvalue weighted by atomic mass is 16.7. The molecule has 3 amide bonds. The first-order valence-electron chi connectivity index (χ1n) is 9.93. The summed E-state index contributed by atoms with van der Waals surface area (Å²) in [5, 5.41) is 3.00. The molecule has 1 aliphatic carbocycles. The van der Waals surface area contributed by atoms with Gasteiger partial charge in [-0.15, -0.1) is 0 Å². The van der Waals surface area contributed by atoms with Crippen molar-refractivity contribution in [1.82, 2.24) is 10.2 Å². The van der Waals surface area contributed by atoms with Crippen molar-refractivity contribution in [3.63, 3.8) is 0 Å². The minimum atomic E-state index is -0.620. The van der Waals surface area contributed by atoms with Gasteiger partial charge >= 0.3 is 0 Å². The second-order valence-corrected chi connectivity index (χ2v) is 8.32. The van der Waals surface area contributed by atoms with E-state index in [0.717, 1.165) is 31.2 Å². The normalized spacial score (nSPS) is 23.7. The molecule has 0 aromatic heterocycles. The number of hydrogen-bond donors (Lipinski definition) is 1. The first-order chi connectivity index (χ1) is 13.4. The maximum atomic E-state index is 12.5. The van der Waals surface area contributed by atoms with Crippen LogP contribution in [0.2, 0.25) is 0 Å². The number of carbonyl (C=O) groups excluding carboxylic acids is 3. The molecule has 2 heterocycles. The molecule has 1 aromatic rings. The van der Waals surface area contributed by atoms with Gasteiger partial charge in [0.1, 0.15) is 0 Å². The van der Waals surface area contributed by atoms with Gasteiger partial charge in [0.15, 0.2) is 11.5 Å². The van der Waals surface area contributed by atoms with Gasteiger partial charge in [-0.25, -0.2) is 0 Å². The van der Waals surface area contributed by atoms with Gasteiger partial charge < -0.3 is 14.8 Å². The molecule has 7 nitrogen and oxygen atoms in total. The van der Waals surface area contributed by atoms with Crippen LogP contribution in [0.4, 0.5) is 0 Å². The SMILES string of the molecule is CC(C)(NC(=O)CCN1C(=O)C2CCCCC2C1=O)c1ccc2c(c1)OCO2. The van der Waals surface area contributed by atoms with E-state index in [9.17, 15) is 14.4 Å². The number of hydrogen-bond acceptors (Lipinski definition) is 5. The Morgan fingerprint density at radius 1 is 1.11 bits per heavy atom. The van der Waals surface area contributed by atoms with Crippen molar-refractivity contribution in [1.29, 1.82) is 0 Å². The molecule has 0 radical (unpaired) electrons. The van der Waals surface area contributed by atoms with Gasteiger partial charge in [-0.2, -0.15) is 0 Å². The number of fused-ring (bicyclic) bond motifs is 2. The predicted octanol–water partition coefficient (Wildman–Crippen LogP) is 2.33. The van der Waals surface area contributed by atoms with E-state index in [1.807, 2.05) is 32.0 Å². The minimum Gasteiger partial charge on any atom is -0.454 e. The van der Waals surface area contributed by atoms with Crippen LogP contribution in [-0.4, -0.2) is 36.0 Å². The number of rotatable bonds is 5. The van der Waals surface area contributed by atoms with Crippen LogP contribution in [0.25, 0.3) is 0 Å². The number of carbonyl (C=O) groups is 3. The topological polar surface area (TPSA) is 84.9 Å². The number of imide groups is 1. The Balaban J connectivity index is 1.36. The summed E-state index contributed by atoms with van der Waals surface area (Å²) in [6, 6.07) is 5.59. The number of likely N-dealkylation sites (tertiary alicyclic amines) is 1. The average Bonchev–Trinajstić information content (AvgIpc) is 3.23. The number of amides is 3. The molecule has 0 bridgehead atoms. The van der Waals surface area contributed by atoms with Gasteiger partial charge in [-0.1, -0.05) is 18.9 Å². The van der Waals surface area contributed by atoms with Gasteiger partial charge in [0.2, 0.25) is 24.5 Å². The Kier molecular flexibility index (Phi) is 4.77. The van der Waals surface area contributed by atoms with Crippen LogP contribution in [0.1, 0.15) is 51.5 Å². The van der Waals surface area contributed by atoms with E-state index in [4.69, 9.17) is 9.47 Å². The highest BCUT2D eigenvalue weighted by molar-refractivity contribution is 6.05. The van der Waals surface area contributed by atoms with Crippen molar-refractivity contribution in [3.8, 4) is 11.5 Å². The zero-order valence-electron chi connectivity index (χ0n) is 16.3. The van der Waals surface area contributed by atoms with Gasteiger partial charge in [0.05, 0.1) is 17.4 Å². The number of benzene rings is 1. The van der Waals surface area contributed by atoms with Crippen molar-refractivity contribution in [2.45, 2.75) is 51.5 Å². The highest BCUT2D eigenvalue weighted by Gasteiger charge is 2.47. The van der Waals surface area contributed by atoms with E-state index < -0.39 is 5.54 Å². The third-order valence-electron chi connectivity index (χ3n) is 6.04. The monoisotopic (exact) mass is 386 g/mol. The van der Waals surface area contributed by atoms with Crippen LogP contribution >= 0.6 is 0 Å². The quantitative estimate of drug-likeness (QED) is 0.785. The van der Waals surface area contributed by atoms with Crippen LogP contribution in [0.5, 0.6) is 11.5 Å². The van der Waals surface area contributed by atoms with Crippen molar-refractivity contribution < 1.29 is 23.9 Å². The van der Waals surface area contributed by atoms with E-state index in [-0.39, 0.29) is 49.3 Å². The molecule has 1 saturated carbocycles. The van der Waals surface area contributed by atoms with Crippen molar-refractivity contribution in [2.24, 2.45) is 11.8 Å². The molecular formula is C21H26N2O5. The fourth-order valence-electron chi connectivity index (χ4n) is 4.43. The molecule has 1 aromatic carbocycles. The Morgan fingerprint density at radius 3 is 2.43 bits per heavy atom. The first-order valence-corrected chi connectivity index (χ1v) is 9.93. The molecule has 0 spiro atoms. The first kappa shape index (κ1) is 18.8. The van der Waals surface area contributed by atoms with Crippen molar-refractivity contribution >= 4 is 17.7 Å². The summed E-state index contributed by atoms with van der Waals surface area (Å²) in [5.41, 5.74) is 0.273. The summed E-state index contributed by atoms with van der Waals surface area (Å²) in [4.78, 5) is 38.9. The molecule has 1 saturated heterocycles. The number of ether oxygens (including phenoxy) is 2. The Hall–Kier alpha value is -2.57. The maximum absolute atomic E-state index is 12.5. The zero-order valence-corrected chi connectivity index (χ0v) is 16.3. The molecule has 2 fully saturated rings. The van der Waals surface area contributed by atoms with Crippen LogP contribution in [0, 0.1) is 11.8 Å². The van der Waals surface area contributed by atoms with Crippen LogP contribution in [0.15, 0.2) is 18.2 Å². The lowest BCUT2D eigenvalue weighted by Crippen LogP contribution is -2.43. The molecular weight excluding hydrogens is 360 g/mol. The van der Waals surface area contributed by atoms with E-state index in [0.29, 0.717) is 11.5 Å². The molecule has 2 atom stereocenters. The summed E-state index contributed by atoms with van der Waals surface area (Å²) < 4.78 is 10.7. The fourth-order valence-corrected chi connectivity index (χ4v) is 4.43. The van der Waals surface area contributed by atoms with Crippen molar-refractivity contribution in [2.75, 3.05) is 13.3 Å². The third-order valence-corrected chi connectivity index (χ3v) is 6.04. The minimum absolute atomic E-state index is 0.0995. The van der Waals surface area contributed by atoms with Crippen molar-refractivity contribution in [3.05, 3.63) is 23.8 Å². The predicted molar refractivity (Wildman–Crippen MR) is 101 cm³/mol. The number of nitrogens with one attached hydrogen (secondary N) is 1. The third kappa shape index (κ3) is 3.34. The molecule has 7 heteroatoms. The second kappa shape index (κ2) is 7.11. The fraction of sp³-hybridized carbons (Fsp3) is 0.571. The Labute approximate surface area is 164 Å². The maximum Gasteiger partial charge on any atom is 0.233 e. The largest absolute Gasteiger partial charge is 0.454 e. The highest BCUT2D eigenvalue weighted by Crippen LogP contribution is 2.38.